The normalized spacial score (nSPS) is 19.0. The summed E-state index contributed by atoms with van der Waals surface area (Å²) in [6.45, 7) is 3.69. The highest BCUT2D eigenvalue weighted by Crippen LogP contribution is 2.38. The molecule has 1 saturated heterocycles. The Morgan fingerprint density at radius 1 is 1.14 bits per heavy atom. The van der Waals surface area contributed by atoms with Crippen LogP contribution in [0.2, 0.25) is 0 Å². The Kier molecular flexibility index (Phi) is 7.58. The van der Waals surface area contributed by atoms with Crippen LogP contribution in [0.15, 0.2) is 59.1 Å². The van der Waals surface area contributed by atoms with Crippen molar-refractivity contribution in [2.24, 2.45) is 0 Å². The molecule has 0 saturated carbocycles. The highest BCUT2D eigenvalue weighted by atomic mass is 16.4. The van der Waals surface area contributed by atoms with E-state index in [0.717, 1.165) is 16.8 Å². The predicted octanol–water partition coefficient (Wildman–Crippen LogP) is 3.91. The number of likely N-dealkylation sites (tertiary alicyclic amines) is 1. The average Bonchev–Trinajstić information content (AvgIpc) is 3.44. The summed E-state index contributed by atoms with van der Waals surface area (Å²) in [5.41, 5.74) is 1.90. The maximum absolute atomic E-state index is 13.2. The molecule has 194 valence electrons. The van der Waals surface area contributed by atoms with Crippen molar-refractivity contribution in [3.05, 3.63) is 77.5 Å². The van der Waals surface area contributed by atoms with E-state index in [9.17, 15) is 19.5 Å². The molecule has 4 N–H and O–H groups in total. The van der Waals surface area contributed by atoms with Gasteiger partial charge in [0.25, 0.3) is 0 Å². The number of urea groups is 1. The van der Waals surface area contributed by atoms with Crippen molar-refractivity contribution in [2.75, 3.05) is 17.2 Å². The summed E-state index contributed by atoms with van der Waals surface area (Å²) in [5.74, 6) is -0.436. The summed E-state index contributed by atoms with van der Waals surface area (Å²) >= 11 is 0. The molecule has 0 aliphatic carbocycles. The number of para-hydroxylation sites is 1. The van der Waals surface area contributed by atoms with Gasteiger partial charge in [0.1, 0.15) is 11.8 Å². The molecule has 10 heteroatoms. The van der Waals surface area contributed by atoms with Crippen LogP contribution in [0.5, 0.6) is 0 Å². The minimum Gasteiger partial charge on any atom is -0.481 e. The van der Waals surface area contributed by atoms with Gasteiger partial charge in [-0.05, 0) is 43.2 Å². The van der Waals surface area contributed by atoms with Crippen LogP contribution < -0.4 is 10.6 Å². The second-order valence-electron chi connectivity index (χ2n) is 9.56. The third kappa shape index (κ3) is 6.73. The summed E-state index contributed by atoms with van der Waals surface area (Å²) < 4.78 is 5.72. The Bertz CT molecular complexity index is 1280. The molecular weight excluding hydrogens is 476 g/mol. The number of nitrogens with zero attached hydrogens (tertiary/aromatic N) is 2. The molecule has 0 radical (unpaired) electrons. The Hall–Kier alpha value is -4.18. The molecule has 1 aliphatic rings. The van der Waals surface area contributed by atoms with E-state index in [1.807, 2.05) is 31.2 Å². The number of anilines is 2. The zero-order valence-electron chi connectivity index (χ0n) is 20.7. The quantitative estimate of drug-likeness (QED) is 0.362. The molecule has 4 rings (SSSR count). The second-order valence-corrected chi connectivity index (χ2v) is 9.56. The molecule has 0 bridgehead atoms. The van der Waals surface area contributed by atoms with E-state index in [1.165, 1.54) is 6.20 Å². The van der Waals surface area contributed by atoms with Gasteiger partial charge in [0.05, 0.1) is 31.2 Å². The second kappa shape index (κ2) is 10.8. The first-order valence-electron chi connectivity index (χ1n) is 12.0. The lowest BCUT2D eigenvalue weighted by molar-refractivity contribution is -0.137. The van der Waals surface area contributed by atoms with Gasteiger partial charge < -0.3 is 30.2 Å². The molecule has 37 heavy (non-hydrogen) atoms. The van der Waals surface area contributed by atoms with Crippen LogP contribution in [0, 0.1) is 6.92 Å². The van der Waals surface area contributed by atoms with Crippen molar-refractivity contribution in [1.29, 1.82) is 0 Å². The Morgan fingerprint density at radius 2 is 1.86 bits per heavy atom. The third-order valence-corrected chi connectivity index (χ3v) is 6.24. The zero-order chi connectivity index (χ0) is 26.6. The number of carboxylic acid groups (broad SMARTS) is 1. The van der Waals surface area contributed by atoms with Crippen LogP contribution in [-0.2, 0) is 22.4 Å². The topological polar surface area (TPSA) is 145 Å². The van der Waals surface area contributed by atoms with E-state index >= 15 is 0 Å². The van der Waals surface area contributed by atoms with E-state index in [1.54, 1.807) is 36.1 Å². The number of carbonyl (C=O) groups is 3. The molecule has 2 unspecified atom stereocenters. The van der Waals surface area contributed by atoms with Crippen molar-refractivity contribution in [3.8, 4) is 0 Å². The largest absolute Gasteiger partial charge is 0.481 e. The third-order valence-electron chi connectivity index (χ3n) is 6.24. The minimum absolute atomic E-state index is 0.0852. The lowest BCUT2D eigenvalue weighted by atomic mass is 10.0. The van der Waals surface area contributed by atoms with E-state index in [-0.39, 0.29) is 50.1 Å². The van der Waals surface area contributed by atoms with Gasteiger partial charge in [-0.1, -0.05) is 30.3 Å². The van der Waals surface area contributed by atoms with Crippen molar-refractivity contribution in [1.82, 2.24) is 9.88 Å². The summed E-state index contributed by atoms with van der Waals surface area (Å²) in [4.78, 5) is 42.1. The number of carbonyl (C=O) groups excluding carboxylic acids is 2. The molecule has 1 aliphatic heterocycles. The number of hydrogen-bond donors (Lipinski definition) is 4. The molecule has 1 aromatic heterocycles. The van der Waals surface area contributed by atoms with Crippen LogP contribution in [0.25, 0.3) is 0 Å². The summed E-state index contributed by atoms with van der Waals surface area (Å²) in [6, 6.07) is 13.5. The number of amides is 3. The molecule has 3 aromatic rings. The number of β-amino-alcohol motifs (C(OH)–C–C–N with tert-alkyl or cyclic N) is 1. The minimum atomic E-state index is -1.10. The number of nitrogens with one attached hydrogen (secondary N) is 2. The molecule has 1 fully saturated rings. The first kappa shape index (κ1) is 25.9. The monoisotopic (exact) mass is 506 g/mol. The number of hydrogen-bond acceptors (Lipinski definition) is 6. The Morgan fingerprint density at radius 3 is 2.57 bits per heavy atom. The van der Waals surface area contributed by atoms with Crippen molar-refractivity contribution >= 4 is 29.3 Å². The lowest BCUT2D eigenvalue weighted by Crippen LogP contribution is -2.35. The number of carboxylic acids is 1. The number of aryl methyl sites for hydroxylation is 2. The SMILES string of the molecule is Cc1ccccc1NC(=O)Nc1ccc(CC(=O)N2CC(C)(O)CC2c2ncc(CCC(=O)O)o2)cc1. The molecule has 2 heterocycles. The first-order valence-corrected chi connectivity index (χ1v) is 12.0. The smallest absolute Gasteiger partial charge is 0.323 e. The fourth-order valence-corrected chi connectivity index (χ4v) is 4.35. The van der Waals surface area contributed by atoms with Gasteiger partial charge in [-0.15, -0.1) is 0 Å². The van der Waals surface area contributed by atoms with Gasteiger partial charge in [0.15, 0.2) is 0 Å². The molecular formula is C27H30N4O6. The summed E-state index contributed by atoms with van der Waals surface area (Å²) in [5, 5.41) is 25.1. The van der Waals surface area contributed by atoms with Crippen molar-refractivity contribution in [3.63, 3.8) is 0 Å². The zero-order valence-corrected chi connectivity index (χ0v) is 20.7. The van der Waals surface area contributed by atoms with E-state index in [4.69, 9.17) is 9.52 Å². The fraction of sp³-hybridized carbons (Fsp3) is 0.333. The van der Waals surface area contributed by atoms with Crippen molar-refractivity contribution in [2.45, 2.75) is 51.2 Å². The molecule has 10 nitrogen and oxygen atoms in total. The van der Waals surface area contributed by atoms with Gasteiger partial charge in [0, 0.05) is 24.2 Å². The lowest BCUT2D eigenvalue weighted by Gasteiger charge is -2.22. The van der Waals surface area contributed by atoms with Gasteiger partial charge in [0.2, 0.25) is 11.8 Å². The number of benzene rings is 2. The average molecular weight is 507 g/mol. The molecule has 0 spiro atoms. The summed E-state index contributed by atoms with van der Waals surface area (Å²) in [6.07, 6.45) is 1.93. The van der Waals surface area contributed by atoms with E-state index < -0.39 is 17.6 Å². The van der Waals surface area contributed by atoms with Crippen LogP contribution in [0.1, 0.15) is 48.6 Å². The van der Waals surface area contributed by atoms with Crippen molar-refractivity contribution < 1.29 is 29.0 Å². The summed E-state index contributed by atoms with van der Waals surface area (Å²) in [7, 11) is 0. The number of aliphatic hydroxyl groups is 1. The van der Waals surface area contributed by atoms with Crippen LogP contribution in [0.3, 0.4) is 0 Å². The number of rotatable bonds is 8. The predicted molar refractivity (Wildman–Crippen MR) is 136 cm³/mol. The van der Waals surface area contributed by atoms with Crippen LogP contribution in [0.4, 0.5) is 16.2 Å². The molecule has 2 aromatic carbocycles. The van der Waals surface area contributed by atoms with Gasteiger partial charge in [-0.3, -0.25) is 9.59 Å². The Labute approximate surface area is 214 Å². The highest BCUT2D eigenvalue weighted by Gasteiger charge is 2.44. The van der Waals surface area contributed by atoms with E-state index in [2.05, 4.69) is 15.6 Å². The molecule has 3 amide bonds. The molecule has 2 atom stereocenters. The van der Waals surface area contributed by atoms with Crippen LogP contribution in [-0.4, -0.2) is 50.2 Å². The number of aromatic nitrogens is 1. The van der Waals surface area contributed by atoms with E-state index in [0.29, 0.717) is 11.4 Å². The first-order chi connectivity index (χ1) is 17.6. The van der Waals surface area contributed by atoms with Gasteiger partial charge >= 0.3 is 12.0 Å². The number of oxazole rings is 1. The maximum atomic E-state index is 13.2. The van der Waals surface area contributed by atoms with Gasteiger partial charge in [-0.25, -0.2) is 9.78 Å². The van der Waals surface area contributed by atoms with Gasteiger partial charge in [-0.2, -0.15) is 0 Å². The highest BCUT2D eigenvalue weighted by molar-refractivity contribution is 6.00. The standard InChI is InChI=1S/C27H30N4O6/c1-17-5-3-4-6-21(17)30-26(35)29-19-9-7-18(8-10-19)13-23(32)31-16-27(2,36)14-22(31)25-28-15-20(37-25)11-12-24(33)34/h3-10,15,22,36H,11-14,16H2,1-2H3,(H,33,34)(H2,29,30,35). The fourth-order valence-electron chi connectivity index (χ4n) is 4.35. The Balaban J connectivity index is 1.38. The van der Waals surface area contributed by atoms with Crippen LogP contribution >= 0.6 is 0 Å². The maximum Gasteiger partial charge on any atom is 0.323 e. The number of aliphatic carboxylic acids is 1.